The number of phenols is 1. The van der Waals surface area contributed by atoms with Crippen LogP contribution in [0.15, 0.2) is 64.2 Å². The van der Waals surface area contributed by atoms with Gasteiger partial charge in [0.25, 0.3) is 0 Å². The molecule has 24 heavy (non-hydrogen) atoms. The smallest absolute Gasteiger partial charge is 0.165 e. The van der Waals surface area contributed by atoms with E-state index in [9.17, 15) is 5.11 Å². The van der Waals surface area contributed by atoms with E-state index < -0.39 is 0 Å². The first kappa shape index (κ1) is 16.1. The number of nitrogens with one attached hydrogen (secondary N) is 1. The number of aromatic nitrogens is 2. The molecule has 0 amide bonds. The van der Waals surface area contributed by atoms with Crippen molar-refractivity contribution in [3.05, 3.63) is 70.3 Å². The number of anilines is 1. The van der Waals surface area contributed by atoms with Crippen molar-refractivity contribution in [1.82, 2.24) is 9.97 Å². The molecule has 0 aliphatic carbocycles. The van der Waals surface area contributed by atoms with Gasteiger partial charge in [0.2, 0.25) is 0 Å². The molecular weight excluding hydrogens is 368 g/mol. The molecule has 0 spiro atoms. The van der Waals surface area contributed by atoms with Crippen LogP contribution >= 0.6 is 15.9 Å². The van der Waals surface area contributed by atoms with Crippen LogP contribution in [-0.2, 0) is 0 Å². The third-order valence-electron chi connectivity index (χ3n) is 3.26. The van der Waals surface area contributed by atoms with Crippen LogP contribution in [0.1, 0.15) is 11.3 Å². The third kappa shape index (κ3) is 3.97. The van der Waals surface area contributed by atoms with Gasteiger partial charge in [-0.2, -0.15) is 5.10 Å². The van der Waals surface area contributed by atoms with Crippen molar-refractivity contribution in [2.24, 2.45) is 5.10 Å². The Morgan fingerprint density at radius 2 is 1.83 bits per heavy atom. The van der Waals surface area contributed by atoms with Crippen LogP contribution in [0.25, 0.3) is 11.4 Å². The molecule has 5 nitrogen and oxygen atoms in total. The molecule has 2 aromatic carbocycles. The molecule has 1 heterocycles. The molecule has 1 aromatic heterocycles. The van der Waals surface area contributed by atoms with Crippen LogP contribution in [0.4, 0.5) is 5.82 Å². The normalized spacial score (nSPS) is 10.9. The number of rotatable bonds is 4. The van der Waals surface area contributed by atoms with Crippen molar-refractivity contribution in [3.8, 4) is 17.1 Å². The van der Waals surface area contributed by atoms with Gasteiger partial charge in [0.15, 0.2) is 11.6 Å². The van der Waals surface area contributed by atoms with Crippen LogP contribution < -0.4 is 5.43 Å². The van der Waals surface area contributed by atoms with Gasteiger partial charge in [0.1, 0.15) is 5.75 Å². The van der Waals surface area contributed by atoms with Gasteiger partial charge in [0.05, 0.1) is 11.8 Å². The molecule has 3 aromatic rings. The summed E-state index contributed by atoms with van der Waals surface area (Å²) < 4.78 is 1.02. The van der Waals surface area contributed by atoms with Gasteiger partial charge in [0, 0.05) is 16.2 Å². The van der Waals surface area contributed by atoms with E-state index >= 15 is 0 Å². The second-order valence-corrected chi connectivity index (χ2v) is 6.07. The number of aromatic hydroxyl groups is 1. The first-order chi connectivity index (χ1) is 11.6. The monoisotopic (exact) mass is 382 g/mol. The van der Waals surface area contributed by atoms with E-state index in [0.717, 1.165) is 15.7 Å². The number of benzene rings is 2. The molecule has 6 heteroatoms. The number of aryl methyl sites for hydroxylation is 1. The quantitative estimate of drug-likeness (QED) is 0.519. The summed E-state index contributed by atoms with van der Waals surface area (Å²) in [7, 11) is 0. The van der Waals surface area contributed by atoms with Crippen LogP contribution in [0, 0.1) is 6.92 Å². The van der Waals surface area contributed by atoms with Crippen LogP contribution in [0.5, 0.6) is 5.75 Å². The van der Waals surface area contributed by atoms with Crippen molar-refractivity contribution in [2.45, 2.75) is 6.92 Å². The van der Waals surface area contributed by atoms with Crippen molar-refractivity contribution in [1.29, 1.82) is 0 Å². The highest BCUT2D eigenvalue weighted by Gasteiger charge is 2.08. The van der Waals surface area contributed by atoms with Gasteiger partial charge in [-0.1, -0.05) is 40.2 Å². The summed E-state index contributed by atoms with van der Waals surface area (Å²) in [6.45, 7) is 1.87. The van der Waals surface area contributed by atoms with E-state index in [1.165, 1.54) is 0 Å². The SMILES string of the molecule is Cc1cc(N/N=C/c2ccc(Br)cc2)nc(-c2ccccc2O)n1. The summed E-state index contributed by atoms with van der Waals surface area (Å²) >= 11 is 3.40. The molecule has 0 fully saturated rings. The Morgan fingerprint density at radius 3 is 2.58 bits per heavy atom. The Bertz CT molecular complexity index is 878. The highest BCUT2D eigenvalue weighted by atomic mass is 79.9. The van der Waals surface area contributed by atoms with Crippen molar-refractivity contribution >= 4 is 28.0 Å². The lowest BCUT2D eigenvalue weighted by Gasteiger charge is -2.07. The number of phenolic OH excluding ortho intramolecular Hbond substituents is 1. The Morgan fingerprint density at radius 1 is 1.08 bits per heavy atom. The Labute approximate surface area is 148 Å². The fourth-order valence-electron chi connectivity index (χ4n) is 2.13. The van der Waals surface area contributed by atoms with Gasteiger partial charge in [-0.3, -0.25) is 5.43 Å². The molecule has 0 radical (unpaired) electrons. The maximum absolute atomic E-state index is 9.96. The molecule has 0 saturated heterocycles. The van der Waals surface area contributed by atoms with Crippen molar-refractivity contribution in [2.75, 3.05) is 5.43 Å². The van der Waals surface area contributed by atoms with Gasteiger partial charge in [-0.25, -0.2) is 9.97 Å². The van der Waals surface area contributed by atoms with E-state index in [4.69, 9.17) is 0 Å². The molecule has 3 rings (SSSR count). The maximum atomic E-state index is 9.96. The van der Waals surface area contributed by atoms with E-state index in [1.54, 1.807) is 30.5 Å². The number of hydrogen-bond donors (Lipinski definition) is 2. The lowest BCUT2D eigenvalue weighted by Crippen LogP contribution is -1.99. The molecule has 0 bridgehead atoms. The van der Waals surface area contributed by atoms with Gasteiger partial charge < -0.3 is 5.11 Å². The van der Waals surface area contributed by atoms with Crippen LogP contribution in [0.2, 0.25) is 0 Å². The summed E-state index contributed by atoms with van der Waals surface area (Å²) in [5, 5.41) is 14.2. The summed E-state index contributed by atoms with van der Waals surface area (Å²) in [5.41, 5.74) is 5.24. The summed E-state index contributed by atoms with van der Waals surface area (Å²) in [5.74, 6) is 1.16. The van der Waals surface area contributed by atoms with E-state index in [-0.39, 0.29) is 5.75 Å². The highest BCUT2D eigenvalue weighted by Crippen LogP contribution is 2.26. The summed E-state index contributed by atoms with van der Waals surface area (Å²) in [4.78, 5) is 8.78. The minimum Gasteiger partial charge on any atom is -0.507 e. The molecule has 0 unspecified atom stereocenters. The van der Waals surface area contributed by atoms with E-state index in [0.29, 0.717) is 17.2 Å². The zero-order valence-electron chi connectivity index (χ0n) is 12.9. The zero-order valence-corrected chi connectivity index (χ0v) is 14.5. The third-order valence-corrected chi connectivity index (χ3v) is 3.79. The predicted octanol–water partition coefficient (Wildman–Crippen LogP) is 4.37. The Kier molecular flexibility index (Phi) is 4.86. The maximum Gasteiger partial charge on any atom is 0.165 e. The largest absolute Gasteiger partial charge is 0.507 e. The minimum atomic E-state index is 0.146. The van der Waals surface area contributed by atoms with E-state index in [2.05, 4.69) is 36.4 Å². The molecule has 0 atom stereocenters. The number of halogens is 1. The number of hydrogen-bond acceptors (Lipinski definition) is 5. The number of nitrogens with zero attached hydrogens (tertiary/aromatic N) is 3. The molecular formula is C18H15BrN4O. The van der Waals surface area contributed by atoms with Crippen molar-refractivity contribution in [3.63, 3.8) is 0 Å². The molecule has 0 aliphatic heterocycles. The first-order valence-electron chi connectivity index (χ1n) is 7.30. The van der Waals surface area contributed by atoms with Gasteiger partial charge in [-0.15, -0.1) is 0 Å². The van der Waals surface area contributed by atoms with E-state index in [1.807, 2.05) is 37.3 Å². The summed E-state index contributed by atoms with van der Waals surface area (Å²) in [6.07, 6.45) is 1.71. The molecule has 0 aliphatic rings. The fourth-order valence-corrected chi connectivity index (χ4v) is 2.40. The second-order valence-electron chi connectivity index (χ2n) is 5.16. The summed E-state index contributed by atoms with van der Waals surface area (Å²) in [6, 6.07) is 16.6. The van der Waals surface area contributed by atoms with Gasteiger partial charge in [-0.05, 0) is 36.8 Å². The average Bonchev–Trinajstić information content (AvgIpc) is 2.57. The molecule has 120 valence electrons. The highest BCUT2D eigenvalue weighted by molar-refractivity contribution is 9.10. The average molecular weight is 383 g/mol. The fraction of sp³-hybridized carbons (Fsp3) is 0.0556. The topological polar surface area (TPSA) is 70.4 Å². The standard InChI is InChI=1S/C18H15BrN4O/c1-12-10-17(23-20-11-13-6-8-14(19)9-7-13)22-18(21-12)15-4-2-3-5-16(15)24/h2-11,24H,1H3,(H,21,22,23)/b20-11+. The lowest BCUT2D eigenvalue weighted by molar-refractivity contribution is 0.477. The zero-order chi connectivity index (χ0) is 16.9. The second kappa shape index (κ2) is 7.23. The number of hydrazone groups is 1. The van der Waals surface area contributed by atoms with Gasteiger partial charge >= 0.3 is 0 Å². The van der Waals surface area contributed by atoms with Crippen LogP contribution in [-0.4, -0.2) is 21.3 Å². The first-order valence-corrected chi connectivity index (χ1v) is 8.10. The minimum absolute atomic E-state index is 0.146. The Balaban J connectivity index is 1.81. The molecule has 0 saturated carbocycles. The molecule has 2 N–H and O–H groups in total. The van der Waals surface area contributed by atoms with Crippen LogP contribution in [0.3, 0.4) is 0 Å². The van der Waals surface area contributed by atoms with Crippen molar-refractivity contribution < 1.29 is 5.11 Å². The lowest BCUT2D eigenvalue weighted by atomic mass is 10.2. The predicted molar refractivity (Wildman–Crippen MR) is 99.2 cm³/mol. The number of para-hydroxylation sites is 1. The Hall–Kier alpha value is -2.73.